The van der Waals surface area contributed by atoms with Crippen molar-refractivity contribution in [3.05, 3.63) is 42.0 Å². The van der Waals surface area contributed by atoms with E-state index >= 15 is 0 Å². The maximum Gasteiger partial charge on any atom is 0.206 e. The van der Waals surface area contributed by atoms with Gasteiger partial charge in [-0.2, -0.15) is 20.5 Å². The molecule has 0 saturated heterocycles. The molecular weight excluding hydrogens is 188 g/mol. The third-order valence-electron chi connectivity index (χ3n) is 2.60. The molecule has 15 heavy (non-hydrogen) atoms. The zero-order chi connectivity index (χ0) is 10.3. The van der Waals surface area contributed by atoms with Gasteiger partial charge in [0.25, 0.3) is 0 Å². The van der Waals surface area contributed by atoms with E-state index in [1.54, 1.807) is 11.3 Å². The Hall–Kier alpha value is -2.28. The molecule has 1 aromatic carbocycles. The van der Waals surface area contributed by atoms with Gasteiger partial charge in [-0.15, -0.1) is 0 Å². The van der Waals surface area contributed by atoms with Crippen molar-refractivity contribution in [2.75, 3.05) is 5.01 Å². The molecule has 2 aliphatic rings. The van der Waals surface area contributed by atoms with Gasteiger partial charge in [-0.05, 0) is 12.1 Å². The van der Waals surface area contributed by atoms with Crippen LogP contribution in [0.15, 0.2) is 41.5 Å². The summed E-state index contributed by atoms with van der Waals surface area (Å²) < 4.78 is 0. The average Bonchev–Trinajstić information content (AvgIpc) is 2.63. The maximum atomic E-state index is 9.09. The number of nitrogens with zero attached hydrogens (tertiary/aromatic N) is 4. The second-order valence-electron chi connectivity index (χ2n) is 3.39. The molecular formula is C11H8N4. The Morgan fingerprint density at radius 1 is 1.33 bits per heavy atom. The van der Waals surface area contributed by atoms with Crippen LogP contribution in [0.5, 0.6) is 0 Å². The third kappa shape index (κ3) is 0.974. The van der Waals surface area contributed by atoms with E-state index in [0.717, 1.165) is 11.3 Å². The minimum atomic E-state index is 0.0610. The van der Waals surface area contributed by atoms with E-state index in [9.17, 15) is 0 Å². The van der Waals surface area contributed by atoms with E-state index in [1.807, 2.05) is 36.4 Å². The number of hydrazone groups is 1. The highest BCUT2D eigenvalue weighted by molar-refractivity contribution is 5.74. The molecule has 0 radical (unpaired) electrons. The van der Waals surface area contributed by atoms with Crippen LogP contribution in [0.3, 0.4) is 0 Å². The molecule has 0 spiro atoms. The molecule has 1 atom stereocenters. The lowest BCUT2D eigenvalue weighted by Gasteiger charge is -2.24. The van der Waals surface area contributed by atoms with Crippen molar-refractivity contribution in [3.8, 4) is 6.19 Å². The largest absolute Gasteiger partial charge is 0.206 e. The summed E-state index contributed by atoms with van der Waals surface area (Å²) in [5.74, 6) is 0. The molecule has 0 N–H and O–H groups in total. The van der Waals surface area contributed by atoms with Crippen LogP contribution in [0.25, 0.3) is 0 Å². The number of hydrogen-bond acceptors (Lipinski definition) is 4. The van der Waals surface area contributed by atoms with Gasteiger partial charge >= 0.3 is 0 Å². The van der Waals surface area contributed by atoms with Crippen molar-refractivity contribution >= 4 is 11.9 Å². The lowest BCUT2D eigenvalue weighted by Crippen LogP contribution is -2.32. The maximum absolute atomic E-state index is 9.09. The van der Waals surface area contributed by atoms with Gasteiger partial charge in [-0.1, -0.05) is 24.3 Å². The first kappa shape index (κ1) is 8.06. The number of allylic oxidation sites excluding steroid dienone is 1. The van der Waals surface area contributed by atoms with Crippen LogP contribution in [0.1, 0.15) is 11.6 Å². The monoisotopic (exact) mass is 196 g/mol. The number of rotatable bonds is 0. The minimum Gasteiger partial charge on any atom is -0.180 e. The van der Waals surface area contributed by atoms with Gasteiger partial charge in [0.15, 0.2) is 0 Å². The van der Waals surface area contributed by atoms with E-state index in [2.05, 4.69) is 11.3 Å². The topological polar surface area (TPSA) is 42.6 Å². The number of benzene rings is 1. The zero-order valence-corrected chi connectivity index (χ0v) is 7.91. The molecule has 3 rings (SSSR count). The molecule has 72 valence electrons. The number of fused-ring (bicyclic) bond motifs is 3. The first-order chi connectivity index (χ1) is 7.42. The van der Waals surface area contributed by atoms with Gasteiger partial charge in [-0.25, -0.2) is 0 Å². The summed E-state index contributed by atoms with van der Waals surface area (Å²) in [5.41, 5.74) is 2.03. The predicted molar refractivity (Wildman–Crippen MR) is 56.7 cm³/mol. The molecule has 0 saturated carbocycles. The molecule has 0 fully saturated rings. The molecule has 1 aromatic rings. The quantitative estimate of drug-likeness (QED) is 0.594. The minimum absolute atomic E-state index is 0.0610. The summed E-state index contributed by atoms with van der Waals surface area (Å²) >= 11 is 0. The Morgan fingerprint density at radius 2 is 2.20 bits per heavy atom. The van der Waals surface area contributed by atoms with Crippen LogP contribution >= 0.6 is 0 Å². The first-order valence-corrected chi connectivity index (χ1v) is 4.70. The Balaban J connectivity index is 2.19. The van der Waals surface area contributed by atoms with E-state index in [0.29, 0.717) is 0 Å². The fraction of sp³-hybridized carbons (Fsp3) is 0.0909. The van der Waals surface area contributed by atoms with Crippen LogP contribution in [-0.2, 0) is 0 Å². The Bertz CT molecular complexity index is 498. The summed E-state index contributed by atoms with van der Waals surface area (Å²) in [6.07, 6.45) is 7.75. The third-order valence-corrected chi connectivity index (χ3v) is 2.60. The van der Waals surface area contributed by atoms with E-state index < -0.39 is 0 Å². The van der Waals surface area contributed by atoms with Crippen molar-refractivity contribution in [3.63, 3.8) is 0 Å². The Kier molecular flexibility index (Phi) is 1.53. The average molecular weight is 196 g/mol. The van der Waals surface area contributed by atoms with Gasteiger partial charge in [0.05, 0.1) is 5.69 Å². The van der Waals surface area contributed by atoms with E-state index in [1.165, 1.54) is 5.01 Å². The second-order valence-corrected chi connectivity index (χ2v) is 3.39. The fourth-order valence-corrected chi connectivity index (χ4v) is 1.96. The SMILES string of the molecule is N#CN1c2ccccc2C2C=CC=NN21. The standard InChI is InChI=1S/C11H8N4/c12-8-14-10-5-2-1-4-9(10)11-6-3-7-13-15(11)14/h1-7,11H. The summed E-state index contributed by atoms with van der Waals surface area (Å²) in [6, 6.07) is 7.92. The van der Waals surface area contributed by atoms with Crippen LogP contribution in [-0.4, -0.2) is 11.3 Å². The number of hydrogen-bond donors (Lipinski definition) is 0. The molecule has 0 bridgehead atoms. The smallest absolute Gasteiger partial charge is 0.180 e. The summed E-state index contributed by atoms with van der Waals surface area (Å²) in [4.78, 5) is 0. The highest BCUT2D eigenvalue weighted by Crippen LogP contribution is 2.40. The van der Waals surface area contributed by atoms with Gasteiger partial charge < -0.3 is 0 Å². The molecule has 2 heterocycles. The van der Waals surface area contributed by atoms with Gasteiger partial charge in [0.1, 0.15) is 6.04 Å². The summed E-state index contributed by atoms with van der Waals surface area (Å²) in [5, 5.41) is 16.5. The fourth-order valence-electron chi connectivity index (χ4n) is 1.96. The van der Waals surface area contributed by atoms with Crippen LogP contribution in [0.4, 0.5) is 5.69 Å². The normalized spacial score (nSPS) is 21.1. The molecule has 1 unspecified atom stereocenters. The number of hydrazine groups is 1. The number of nitriles is 1. The van der Waals surface area contributed by atoms with E-state index in [4.69, 9.17) is 5.26 Å². The Morgan fingerprint density at radius 3 is 3.07 bits per heavy atom. The Labute approximate surface area is 87.3 Å². The molecule has 0 aliphatic carbocycles. The highest BCUT2D eigenvalue weighted by atomic mass is 15.8. The molecule has 0 aromatic heterocycles. The summed E-state index contributed by atoms with van der Waals surface area (Å²) in [7, 11) is 0. The van der Waals surface area contributed by atoms with Crippen molar-refractivity contribution in [1.82, 2.24) is 5.12 Å². The number of para-hydroxylation sites is 1. The molecule has 0 amide bonds. The lowest BCUT2D eigenvalue weighted by atomic mass is 10.1. The second kappa shape index (κ2) is 2.85. The molecule has 4 nitrogen and oxygen atoms in total. The van der Waals surface area contributed by atoms with Crippen LogP contribution in [0, 0.1) is 11.5 Å². The highest BCUT2D eigenvalue weighted by Gasteiger charge is 2.35. The number of anilines is 1. The van der Waals surface area contributed by atoms with Crippen LogP contribution in [0.2, 0.25) is 0 Å². The van der Waals surface area contributed by atoms with Crippen molar-refractivity contribution in [2.24, 2.45) is 5.10 Å². The summed E-state index contributed by atoms with van der Waals surface area (Å²) in [6.45, 7) is 0. The lowest BCUT2D eigenvalue weighted by molar-refractivity contribution is 0.270. The zero-order valence-electron chi connectivity index (χ0n) is 7.91. The predicted octanol–water partition coefficient (Wildman–Crippen LogP) is 1.80. The van der Waals surface area contributed by atoms with E-state index in [-0.39, 0.29) is 6.04 Å². The molecule has 2 aliphatic heterocycles. The van der Waals surface area contributed by atoms with Crippen molar-refractivity contribution in [2.45, 2.75) is 6.04 Å². The first-order valence-electron chi connectivity index (χ1n) is 4.70. The molecule has 4 heteroatoms. The van der Waals surface area contributed by atoms with Crippen molar-refractivity contribution in [1.29, 1.82) is 5.26 Å². The van der Waals surface area contributed by atoms with Gasteiger partial charge in [0.2, 0.25) is 6.19 Å². The van der Waals surface area contributed by atoms with Gasteiger partial charge in [0, 0.05) is 11.8 Å². The van der Waals surface area contributed by atoms with Gasteiger partial charge in [-0.3, -0.25) is 0 Å². The van der Waals surface area contributed by atoms with Crippen LogP contribution < -0.4 is 5.01 Å². The van der Waals surface area contributed by atoms with Crippen molar-refractivity contribution < 1.29 is 0 Å².